The van der Waals surface area contributed by atoms with Crippen LogP contribution in [0, 0.1) is 0 Å². The summed E-state index contributed by atoms with van der Waals surface area (Å²) in [6.07, 6.45) is 2.35. The maximum atomic E-state index is 11.8. The molecule has 2 saturated heterocycles. The molecule has 0 aromatic carbocycles. The van der Waals surface area contributed by atoms with Crippen LogP contribution in [0.1, 0.15) is 12.8 Å². The first-order valence-electron chi connectivity index (χ1n) is 6.90. The van der Waals surface area contributed by atoms with E-state index in [1.54, 1.807) is 11.8 Å². The van der Waals surface area contributed by atoms with Crippen LogP contribution in [-0.4, -0.2) is 65.1 Å². The van der Waals surface area contributed by atoms with E-state index in [4.69, 9.17) is 5.73 Å². The molecule has 21 heavy (non-hydrogen) atoms. The highest BCUT2D eigenvalue weighted by Crippen LogP contribution is 2.40. The van der Waals surface area contributed by atoms with Crippen molar-refractivity contribution in [1.29, 1.82) is 0 Å². The average molecular weight is 334 g/mol. The smallest absolute Gasteiger partial charge is 0.248 e. The van der Waals surface area contributed by atoms with Crippen molar-refractivity contribution < 1.29 is 19.2 Å². The molecule has 2 fully saturated rings. The number of nitrogens with two attached hydrogens (primary N) is 1. The molecule has 0 aromatic rings. The predicted molar refractivity (Wildman–Crippen MR) is 80.4 cm³/mol. The lowest BCUT2D eigenvalue weighted by Gasteiger charge is -2.50. The molecular weight excluding hydrogens is 314 g/mol. The molecule has 6 nitrogen and oxygen atoms in total. The molecule has 2 atom stereocenters. The van der Waals surface area contributed by atoms with Gasteiger partial charge in [0.2, 0.25) is 5.91 Å². The highest BCUT2D eigenvalue weighted by Gasteiger charge is 2.50. The van der Waals surface area contributed by atoms with Crippen LogP contribution in [0.5, 0.6) is 0 Å². The predicted octanol–water partition coefficient (Wildman–Crippen LogP) is -1.10. The number of carbonyl (C=O) groups excluding carboxylic acids is 2. The summed E-state index contributed by atoms with van der Waals surface area (Å²) in [6, 6.07) is -0.576. The van der Waals surface area contributed by atoms with Crippen molar-refractivity contribution >= 4 is 36.0 Å². The summed E-state index contributed by atoms with van der Waals surface area (Å²) in [7, 11) is 2.15. The van der Waals surface area contributed by atoms with Crippen LogP contribution in [0.15, 0.2) is 11.3 Å². The first-order valence-corrected chi connectivity index (χ1v) is 7.95. The normalized spacial score (nSPS) is 30.6. The van der Waals surface area contributed by atoms with E-state index in [2.05, 4.69) is 7.05 Å². The number of rotatable bonds is 3. The molecule has 0 aromatic heterocycles. The number of carboxylic acid groups (broad SMARTS) is 1. The van der Waals surface area contributed by atoms with Gasteiger partial charge in [0.15, 0.2) is 0 Å². The molecule has 118 valence electrons. The van der Waals surface area contributed by atoms with Crippen LogP contribution in [0.4, 0.5) is 0 Å². The Morgan fingerprint density at radius 3 is 2.67 bits per heavy atom. The van der Waals surface area contributed by atoms with Crippen molar-refractivity contribution in [2.45, 2.75) is 24.3 Å². The topological polar surface area (TPSA) is 86.5 Å². The molecular formula is C13H20ClN3O3S. The van der Waals surface area contributed by atoms with Gasteiger partial charge < -0.3 is 20.1 Å². The molecule has 3 heterocycles. The summed E-state index contributed by atoms with van der Waals surface area (Å²) < 4.78 is 0.853. The maximum Gasteiger partial charge on any atom is 0.248 e. The van der Waals surface area contributed by atoms with Crippen LogP contribution in [0.3, 0.4) is 0 Å². The Morgan fingerprint density at radius 1 is 1.48 bits per heavy atom. The summed E-state index contributed by atoms with van der Waals surface area (Å²) in [4.78, 5) is 24.6. The van der Waals surface area contributed by atoms with Gasteiger partial charge in [-0.3, -0.25) is 9.69 Å². The lowest BCUT2D eigenvalue weighted by Crippen LogP contribution is -2.69. The van der Waals surface area contributed by atoms with Gasteiger partial charge in [-0.25, -0.2) is 0 Å². The summed E-state index contributed by atoms with van der Waals surface area (Å²) in [5, 5.41) is 11.2. The Bertz CT molecular complexity index is 505. The first-order chi connectivity index (χ1) is 9.43. The van der Waals surface area contributed by atoms with Gasteiger partial charge in [-0.1, -0.05) is 0 Å². The number of quaternary nitrogens is 1. The minimum Gasteiger partial charge on any atom is -0.543 e. The molecule has 3 rings (SSSR count). The van der Waals surface area contributed by atoms with Crippen molar-refractivity contribution in [1.82, 2.24) is 4.90 Å². The van der Waals surface area contributed by atoms with Gasteiger partial charge >= 0.3 is 0 Å². The number of aliphatic carboxylic acids is 1. The van der Waals surface area contributed by atoms with Gasteiger partial charge in [-0.2, -0.15) is 0 Å². The van der Waals surface area contributed by atoms with Crippen molar-refractivity contribution in [2.75, 3.05) is 32.4 Å². The van der Waals surface area contributed by atoms with Crippen molar-refractivity contribution in [3.63, 3.8) is 0 Å². The molecule has 0 radical (unpaired) electrons. The van der Waals surface area contributed by atoms with Crippen LogP contribution < -0.4 is 10.8 Å². The minimum absolute atomic E-state index is 0. The fourth-order valence-corrected chi connectivity index (χ4v) is 4.69. The minimum atomic E-state index is -1.25. The number of hydrogen-bond donors (Lipinski definition) is 1. The maximum absolute atomic E-state index is 11.8. The number of hydrogen-bond acceptors (Lipinski definition) is 5. The second-order valence-electron chi connectivity index (χ2n) is 6.11. The number of fused-ring (bicyclic) bond motifs is 1. The number of nitrogens with zero attached hydrogens (tertiary/aromatic N) is 2. The quantitative estimate of drug-likeness (QED) is 0.523. The lowest BCUT2D eigenvalue weighted by atomic mass is 10.0. The third kappa shape index (κ3) is 2.67. The molecule has 0 aliphatic carbocycles. The number of likely N-dealkylation sites (tertiary alicyclic amines) is 1. The monoisotopic (exact) mass is 333 g/mol. The molecule has 0 bridgehead atoms. The summed E-state index contributed by atoms with van der Waals surface area (Å²) in [5.41, 5.74) is 6.61. The third-order valence-electron chi connectivity index (χ3n) is 4.50. The number of carboxylic acids is 1. The number of thioether (sulfide) groups is 1. The summed E-state index contributed by atoms with van der Waals surface area (Å²) in [5.74, 6) is -0.932. The number of β-lactam (4-membered cyclic amide) rings is 1. The van der Waals surface area contributed by atoms with Gasteiger partial charge in [0.05, 0.1) is 31.8 Å². The second kappa shape index (κ2) is 5.79. The van der Waals surface area contributed by atoms with Crippen molar-refractivity contribution in [3.8, 4) is 0 Å². The zero-order valence-corrected chi connectivity index (χ0v) is 13.5. The number of likely N-dealkylation sites (N-methyl/N-ethyl adjacent to an activating group) is 1. The Hall–Kier alpha value is -0.760. The average Bonchev–Trinajstić information content (AvgIpc) is 2.83. The third-order valence-corrected chi connectivity index (χ3v) is 5.86. The molecule has 3 aliphatic heterocycles. The van der Waals surface area contributed by atoms with E-state index in [0.717, 1.165) is 23.1 Å². The number of halogens is 1. The van der Waals surface area contributed by atoms with Crippen molar-refractivity contribution in [2.24, 2.45) is 5.73 Å². The van der Waals surface area contributed by atoms with Gasteiger partial charge in [0.1, 0.15) is 18.0 Å². The fourth-order valence-electron chi connectivity index (χ4n) is 3.41. The van der Waals surface area contributed by atoms with E-state index >= 15 is 0 Å². The molecule has 0 unspecified atom stereocenters. The summed E-state index contributed by atoms with van der Waals surface area (Å²) >= 11 is 1.56. The van der Waals surface area contributed by atoms with E-state index in [1.165, 1.54) is 17.7 Å². The lowest BCUT2D eigenvalue weighted by molar-refractivity contribution is -0.893. The van der Waals surface area contributed by atoms with Crippen molar-refractivity contribution in [3.05, 3.63) is 11.3 Å². The molecule has 2 N–H and O–H groups in total. The van der Waals surface area contributed by atoms with E-state index < -0.39 is 12.0 Å². The fraction of sp³-hybridized carbons (Fsp3) is 0.692. The Labute approximate surface area is 134 Å². The van der Waals surface area contributed by atoms with Gasteiger partial charge in [-0.05, 0) is 0 Å². The van der Waals surface area contributed by atoms with Gasteiger partial charge in [0.25, 0.3) is 0 Å². The highest BCUT2D eigenvalue weighted by molar-refractivity contribution is 8.00. The van der Waals surface area contributed by atoms with Crippen LogP contribution in [0.2, 0.25) is 0 Å². The second-order valence-corrected chi connectivity index (χ2v) is 7.21. The first kappa shape index (κ1) is 16.6. The molecule has 0 spiro atoms. The van der Waals surface area contributed by atoms with E-state index in [0.29, 0.717) is 12.3 Å². The Kier molecular flexibility index (Phi) is 4.58. The standard InChI is InChI=1S/C13H19N3O3S.ClH/c1-16(4-2-3-5-16)6-8-7-20-12-9(14)11(17)15(12)10(8)13(18)19;/h9,12H,2-7,14H2,1H3;1H/t9-,12+;/m1./s1. The zero-order valence-electron chi connectivity index (χ0n) is 11.9. The van der Waals surface area contributed by atoms with E-state index in [-0.39, 0.29) is 29.4 Å². The van der Waals surface area contributed by atoms with Crippen LogP contribution in [-0.2, 0) is 9.59 Å². The SMILES string of the molecule is C[N+]1(CC2=C(C(=O)[O-])N3C(=O)[C@@H](N)[C@@H]3SC2)CCCC1.Cl. The van der Waals surface area contributed by atoms with Crippen LogP contribution in [0.25, 0.3) is 0 Å². The van der Waals surface area contributed by atoms with Crippen LogP contribution >= 0.6 is 24.2 Å². The molecule has 3 aliphatic rings. The molecule has 8 heteroatoms. The largest absolute Gasteiger partial charge is 0.543 e. The Morgan fingerprint density at radius 2 is 2.10 bits per heavy atom. The van der Waals surface area contributed by atoms with E-state index in [9.17, 15) is 14.7 Å². The summed E-state index contributed by atoms with van der Waals surface area (Å²) in [6.45, 7) is 2.80. The molecule has 0 saturated carbocycles. The van der Waals surface area contributed by atoms with Gasteiger partial charge in [0, 0.05) is 24.2 Å². The van der Waals surface area contributed by atoms with E-state index in [1.807, 2.05) is 0 Å². The number of amides is 1. The zero-order chi connectivity index (χ0) is 14.5. The number of carbonyl (C=O) groups is 2. The van der Waals surface area contributed by atoms with Gasteiger partial charge in [-0.15, -0.1) is 24.2 Å². The Balaban J connectivity index is 0.00000161. The highest BCUT2D eigenvalue weighted by atomic mass is 35.5. The molecule has 1 amide bonds.